The summed E-state index contributed by atoms with van der Waals surface area (Å²) in [5.41, 5.74) is 3.96. The molecular weight excluding hydrogens is 302 g/mol. The fourth-order valence-electron chi connectivity index (χ4n) is 2.43. The van der Waals surface area contributed by atoms with E-state index in [9.17, 15) is 0 Å². The Morgan fingerprint density at radius 3 is 2.50 bits per heavy atom. The largest absolute Gasteiger partial charge is 0.493 e. The third kappa shape index (κ3) is 3.46. The molecule has 0 amide bonds. The van der Waals surface area contributed by atoms with Crippen LogP contribution in [-0.4, -0.2) is 24.2 Å². The molecule has 1 N–H and O–H groups in total. The van der Waals surface area contributed by atoms with Gasteiger partial charge in [-0.15, -0.1) is 0 Å². The van der Waals surface area contributed by atoms with Crippen LogP contribution in [0, 0.1) is 6.92 Å². The van der Waals surface area contributed by atoms with E-state index in [0.717, 1.165) is 16.9 Å². The molecule has 0 spiro atoms. The van der Waals surface area contributed by atoms with Crippen LogP contribution in [0.1, 0.15) is 5.56 Å². The second-order valence-corrected chi connectivity index (χ2v) is 5.33. The molecule has 0 aliphatic carbocycles. The van der Waals surface area contributed by atoms with Crippen molar-refractivity contribution in [3.63, 3.8) is 0 Å². The van der Waals surface area contributed by atoms with Gasteiger partial charge in [0, 0.05) is 23.5 Å². The molecule has 24 heavy (non-hydrogen) atoms. The van der Waals surface area contributed by atoms with Crippen molar-refractivity contribution in [3.05, 3.63) is 60.3 Å². The van der Waals surface area contributed by atoms with Crippen LogP contribution in [-0.2, 0) is 0 Å². The highest BCUT2D eigenvalue weighted by Gasteiger charge is 2.07. The number of methoxy groups -OCH3 is 2. The summed E-state index contributed by atoms with van der Waals surface area (Å²) in [6.07, 6.45) is 1.74. The van der Waals surface area contributed by atoms with Crippen LogP contribution in [0.5, 0.6) is 11.5 Å². The number of rotatable bonds is 5. The molecule has 3 rings (SSSR count). The van der Waals surface area contributed by atoms with Gasteiger partial charge in [-0.2, -0.15) is 0 Å². The van der Waals surface area contributed by atoms with E-state index in [-0.39, 0.29) is 0 Å². The standard InChI is InChI=1S/C19H19N3O2/c1-13-5-4-6-14(11-13)16-9-10-20-19(22-16)21-15-7-8-17(23-2)18(12-15)24-3/h4-12H,1-3H3,(H,20,21,22). The normalized spacial score (nSPS) is 10.3. The Hall–Kier alpha value is -3.08. The molecule has 1 heterocycles. The molecule has 0 unspecified atom stereocenters. The number of nitrogens with zero attached hydrogens (tertiary/aromatic N) is 2. The summed E-state index contributed by atoms with van der Waals surface area (Å²) < 4.78 is 10.6. The quantitative estimate of drug-likeness (QED) is 0.763. The molecule has 0 aliphatic rings. The molecule has 0 atom stereocenters. The molecule has 0 saturated heterocycles. The van der Waals surface area contributed by atoms with Crippen LogP contribution in [0.2, 0.25) is 0 Å². The summed E-state index contributed by atoms with van der Waals surface area (Å²) in [6, 6.07) is 15.7. The minimum atomic E-state index is 0.529. The van der Waals surface area contributed by atoms with E-state index in [2.05, 4.69) is 34.3 Å². The molecule has 1 aromatic heterocycles. The van der Waals surface area contributed by atoms with E-state index in [4.69, 9.17) is 9.47 Å². The molecule has 0 aliphatic heterocycles. The predicted molar refractivity (Wildman–Crippen MR) is 95.0 cm³/mol. The molecule has 3 aromatic rings. The predicted octanol–water partition coefficient (Wildman–Crippen LogP) is 4.21. The Labute approximate surface area is 141 Å². The summed E-state index contributed by atoms with van der Waals surface area (Å²) in [5, 5.41) is 3.20. The number of anilines is 2. The third-order valence-electron chi connectivity index (χ3n) is 3.61. The van der Waals surface area contributed by atoms with Crippen molar-refractivity contribution in [3.8, 4) is 22.8 Å². The number of ether oxygens (including phenoxy) is 2. The molecule has 0 saturated carbocycles. The average Bonchev–Trinajstić information content (AvgIpc) is 2.62. The van der Waals surface area contributed by atoms with Gasteiger partial charge in [-0.25, -0.2) is 9.97 Å². The first-order valence-electron chi connectivity index (χ1n) is 7.59. The highest BCUT2D eigenvalue weighted by atomic mass is 16.5. The van der Waals surface area contributed by atoms with Crippen LogP contribution in [0.25, 0.3) is 11.3 Å². The van der Waals surface area contributed by atoms with E-state index in [1.807, 2.05) is 36.4 Å². The van der Waals surface area contributed by atoms with Crippen molar-refractivity contribution in [2.45, 2.75) is 6.92 Å². The van der Waals surface area contributed by atoms with Crippen molar-refractivity contribution >= 4 is 11.6 Å². The van der Waals surface area contributed by atoms with E-state index < -0.39 is 0 Å². The number of aryl methyl sites for hydroxylation is 1. The second-order valence-electron chi connectivity index (χ2n) is 5.33. The van der Waals surface area contributed by atoms with E-state index in [0.29, 0.717) is 17.4 Å². The lowest BCUT2D eigenvalue weighted by atomic mass is 10.1. The van der Waals surface area contributed by atoms with Gasteiger partial charge >= 0.3 is 0 Å². The third-order valence-corrected chi connectivity index (χ3v) is 3.61. The lowest BCUT2D eigenvalue weighted by molar-refractivity contribution is 0.355. The van der Waals surface area contributed by atoms with Gasteiger partial charge in [0.1, 0.15) is 0 Å². The van der Waals surface area contributed by atoms with E-state index >= 15 is 0 Å². The number of hydrogen-bond donors (Lipinski definition) is 1. The lowest BCUT2D eigenvalue weighted by Gasteiger charge is -2.11. The summed E-state index contributed by atoms with van der Waals surface area (Å²) in [7, 11) is 3.22. The molecule has 0 bridgehead atoms. The maximum Gasteiger partial charge on any atom is 0.227 e. The maximum absolute atomic E-state index is 5.31. The summed E-state index contributed by atoms with van der Waals surface area (Å²) in [4.78, 5) is 8.87. The zero-order valence-corrected chi connectivity index (χ0v) is 13.9. The van der Waals surface area contributed by atoms with Crippen molar-refractivity contribution in [2.24, 2.45) is 0 Å². The molecule has 0 fully saturated rings. The van der Waals surface area contributed by atoms with Crippen LogP contribution in [0.4, 0.5) is 11.6 Å². The summed E-state index contributed by atoms with van der Waals surface area (Å²) in [5.74, 6) is 1.86. The van der Waals surface area contributed by atoms with E-state index in [1.165, 1.54) is 5.56 Å². The summed E-state index contributed by atoms with van der Waals surface area (Å²) >= 11 is 0. The number of hydrogen-bond acceptors (Lipinski definition) is 5. The maximum atomic E-state index is 5.31. The van der Waals surface area contributed by atoms with Crippen LogP contribution < -0.4 is 14.8 Å². The second kappa shape index (κ2) is 7.00. The van der Waals surface area contributed by atoms with Gasteiger partial charge in [0.2, 0.25) is 5.95 Å². The van der Waals surface area contributed by atoms with Gasteiger partial charge in [0.25, 0.3) is 0 Å². The number of nitrogens with one attached hydrogen (secondary N) is 1. The van der Waals surface area contributed by atoms with Gasteiger partial charge in [-0.05, 0) is 31.2 Å². The first-order valence-corrected chi connectivity index (χ1v) is 7.59. The van der Waals surface area contributed by atoms with Crippen molar-refractivity contribution in [2.75, 3.05) is 19.5 Å². The lowest BCUT2D eigenvalue weighted by Crippen LogP contribution is -1.99. The zero-order valence-electron chi connectivity index (χ0n) is 13.9. The molecule has 122 valence electrons. The van der Waals surface area contributed by atoms with Crippen LogP contribution in [0.15, 0.2) is 54.7 Å². The van der Waals surface area contributed by atoms with Gasteiger partial charge in [-0.3, -0.25) is 0 Å². The Bertz CT molecular complexity index is 850. The molecule has 0 radical (unpaired) electrons. The molecular formula is C19H19N3O2. The fraction of sp³-hybridized carbons (Fsp3) is 0.158. The van der Waals surface area contributed by atoms with Gasteiger partial charge in [0.05, 0.1) is 19.9 Å². The topological polar surface area (TPSA) is 56.3 Å². The van der Waals surface area contributed by atoms with Crippen LogP contribution in [0.3, 0.4) is 0 Å². The highest BCUT2D eigenvalue weighted by Crippen LogP contribution is 2.30. The minimum absolute atomic E-state index is 0.529. The minimum Gasteiger partial charge on any atom is -0.493 e. The van der Waals surface area contributed by atoms with Crippen molar-refractivity contribution < 1.29 is 9.47 Å². The SMILES string of the molecule is COc1ccc(Nc2nccc(-c3cccc(C)c3)n2)cc1OC. The summed E-state index contributed by atoms with van der Waals surface area (Å²) in [6.45, 7) is 2.06. The Morgan fingerprint density at radius 1 is 0.917 bits per heavy atom. The highest BCUT2D eigenvalue weighted by molar-refractivity contribution is 5.64. The van der Waals surface area contributed by atoms with Crippen molar-refractivity contribution in [1.82, 2.24) is 9.97 Å². The smallest absolute Gasteiger partial charge is 0.227 e. The van der Waals surface area contributed by atoms with Crippen molar-refractivity contribution in [1.29, 1.82) is 0 Å². The number of aromatic nitrogens is 2. The van der Waals surface area contributed by atoms with Gasteiger partial charge in [-0.1, -0.05) is 23.8 Å². The van der Waals surface area contributed by atoms with Gasteiger partial charge < -0.3 is 14.8 Å². The van der Waals surface area contributed by atoms with Crippen LogP contribution >= 0.6 is 0 Å². The Balaban J connectivity index is 1.87. The van der Waals surface area contributed by atoms with Gasteiger partial charge in [0.15, 0.2) is 11.5 Å². The average molecular weight is 321 g/mol. The van der Waals surface area contributed by atoms with E-state index in [1.54, 1.807) is 20.4 Å². The Kier molecular flexibility index (Phi) is 4.61. The number of benzene rings is 2. The molecule has 5 nitrogen and oxygen atoms in total. The first kappa shape index (κ1) is 15.8. The fourth-order valence-corrected chi connectivity index (χ4v) is 2.43. The zero-order chi connectivity index (χ0) is 16.9. The monoisotopic (exact) mass is 321 g/mol. The Morgan fingerprint density at radius 2 is 1.75 bits per heavy atom. The molecule has 5 heteroatoms. The molecule has 2 aromatic carbocycles. The first-order chi connectivity index (χ1) is 11.7.